The average Bonchev–Trinajstić information content (AvgIpc) is 3.24. The molecule has 8 nitrogen and oxygen atoms in total. The molecule has 10 heteroatoms. The van der Waals surface area contributed by atoms with Crippen LogP contribution in [0.25, 0.3) is 10.8 Å². The molecule has 1 saturated heterocycles. The van der Waals surface area contributed by atoms with Crippen LogP contribution in [0.4, 0.5) is 4.79 Å². The van der Waals surface area contributed by atoms with Crippen LogP contribution in [0.15, 0.2) is 77.7 Å². The maximum Gasteiger partial charge on any atom is 0.426 e. The number of sulfonamides is 1. The summed E-state index contributed by atoms with van der Waals surface area (Å²) in [5.74, 6) is -0.660. The molecule has 2 unspecified atom stereocenters. The SMILES string of the molecule is O=C(NNC(=O)C1CC(S)CN1S(=O)(=O)c1ccc2ccccc2c1)OCc1ccccc1. The van der Waals surface area contributed by atoms with Crippen molar-refractivity contribution in [1.29, 1.82) is 0 Å². The molecule has 33 heavy (non-hydrogen) atoms. The van der Waals surface area contributed by atoms with Crippen LogP contribution >= 0.6 is 12.6 Å². The quantitative estimate of drug-likeness (QED) is 0.381. The zero-order chi connectivity index (χ0) is 23.4. The molecule has 4 rings (SSSR count). The number of hydrogen-bond acceptors (Lipinski definition) is 6. The van der Waals surface area contributed by atoms with Gasteiger partial charge >= 0.3 is 6.09 Å². The summed E-state index contributed by atoms with van der Waals surface area (Å²) in [6.07, 6.45) is -0.640. The van der Waals surface area contributed by atoms with Gasteiger partial charge in [-0.05, 0) is 34.9 Å². The Morgan fingerprint density at radius 2 is 1.67 bits per heavy atom. The number of carbonyl (C=O) groups is 2. The summed E-state index contributed by atoms with van der Waals surface area (Å²) in [5.41, 5.74) is 5.23. The predicted octanol–water partition coefficient (Wildman–Crippen LogP) is 2.86. The molecule has 1 aliphatic rings. The normalized spacial score (nSPS) is 18.7. The molecule has 172 valence electrons. The van der Waals surface area contributed by atoms with Crippen molar-refractivity contribution < 1.29 is 22.7 Å². The molecule has 0 aromatic heterocycles. The Morgan fingerprint density at radius 1 is 0.970 bits per heavy atom. The highest BCUT2D eigenvalue weighted by molar-refractivity contribution is 7.89. The minimum Gasteiger partial charge on any atom is -0.443 e. The molecular formula is C23H23N3O5S2. The van der Waals surface area contributed by atoms with E-state index in [4.69, 9.17) is 4.74 Å². The maximum atomic E-state index is 13.3. The number of thiol groups is 1. The molecular weight excluding hydrogens is 462 g/mol. The second-order valence-corrected chi connectivity index (χ2v) is 10.3. The highest BCUT2D eigenvalue weighted by Gasteiger charge is 2.43. The van der Waals surface area contributed by atoms with E-state index >= 15 is 0 Å². The third-order valence-electron chi connectivity index (χ3n) is 5.36. The van der Waals surface area contributed by atoms with Gasteiger partial charge in [-0.15, -0.1) is 0 Å². The molecule has 2 N–H and O–H groups in total. The van der Waals surface area contributed by atoms with E-state index in [1.807, 2.05) is 42.5 Å². The summed E-state index contributed by atoms with van der Waals surface area (Å²) >= 11 is 4.39. The fourth-order valence-corrected chi connectivity index (χ4v) is 5.87. The van der Waals surface area contributed by atoms with Crippen molar-refractivity contribution in [2.75, 3.05) is 6.54 Å². The lowest BCUT2D eigenvalue weighted by molar-refractivity contribution is -0.125. The van der Waals surface area contributed by atoms with Gasteiger partial charge in [-0.25, -0.2) is 18.6 Å². The molecule has 2 atom stereocenters. The molecule has 0 bridgehead atoms. The number of fused-ring (bicyclic) bond motifs is 1. The van der Waals surface area contributed by atoms with Gasteiger partial charge in [-0.2, -0.15) is 16.9 Å². The standard InChI is InChI=1S/C23H23N3O5S2/c27-22(24-25-23(28)31-15-16-6-2-1-3-7-16)21-13-19(32)14-26(21)33(29,30)20-11-10-17-8-4-5-9-18(17)12-20/h1-12,19,21,32H,13-15H2,(H,24,27)(H,25,28). The summed E-state index contributed by atoms with van der Waals surface area (Å²) in [5, 5.41) is 1.38. The monoisotopic (exact) mass is 485 g/mol. The summed E-state index contributed by atoms with van der Waals surface area (Å²) in [6, 6.07) is 20.3. The molecule has 2 amide bonds. The van der Waals surface area contributed by atoms with Crippen molar-refractivity contribution in [3.05, 3.63) is 78.4 Å². The lowest BCUT2D eigenvalue weighted by Crippen LogP contribution is -2.51. The number of rotatable bonds is 5. The fourth-order valence-electron chi connectivity index (χ4n) is 3.71. The van der Waals surface area contributed by atoms with Crippen molar-refractivity contribution in [3.63, 3.8) is 0 Å². The second-order valence-electron chi connectivity index (χ2n) is 7.66. The van der Waals surface area contributed by atoms with Gasteiger partial charge in [0.15, 0.2) is 0 Å². The van der Waals surface area contributed by atoms with Crippen molar-refractivity contribution in [1.82, 2.24) is 15.2 Å². The topological polar surface area (TPSA) is 105 Å². The predicted molar refractivity (Wildman–Crippen MR) is 127 cm³/mol. The lowest BCUT2D eigenvalue weighted by Gasteiger charge is -2.23. The Kier molecular flexibility index (Phi) is 6.87. The smallest absolute Gasteiger partial charge is 0.426 e. The van der Waals surface area contributed by atoms with Gasteiger partial charge in [-0.3, -0.25) is 10.2 Å². The molecule has 0 spiro atoms. The van der Waals surface area contributed by atoms with Crippen LogP contribution in [-0.2, 0) is 26.2 Å². The largest absolute Gasteiger partial charge is 0.443 e. The van der Waals surface area contributed by atoms with Crippen molar-refractivity contribution in [3.8, 4) is 0 Å². The Hall–Kier alpha value is -3.08. The number of hydrazine groups is 1. The van der Waals surface area contributed by atoms with Crippen LogP contribution in [0, 0.1) is 0 Å². The van der Waals surface area contributed by atoms with Crippen LogP contribution in [-0.4, -0.2) is 42.6 Å². The summed E-state index contributed by atoms with van der Waals surface area (Å²) in [4.78, 5) is 24.8. The zero-order valence-corrected chi connectivity index (χ0v) is 19.3. The van der Waals surface area contributed by atoms with E-state index < -0.39 is 28.1 Å². The van der Waals surface area contributed by atoms with Crippen LogP contribution in [0.1, 0.15) is 12.0 Å². The van der Waals surface area contributed by atoms with Gasteiger partial charge in [0.1, 0.15) is 12.6 Å². The summed E-state index contributed by atoms with van der Waals surface area (Å²) < 4.78 is 32.9. The number of carbonyl (C=O) groups excluding carboxylic acids is 2. The maximum absolute atomic E-state index is 13.3. The van der Waals surface area contributed by atoms with Crippen molar-refractivity contribution in [2.45, 2.75) is 29.2 Å². The number of hydrogen-bond donors (Lipinski definition) is 3. The molecule has 3 aromatic carbocycles. The van der Waals surface area contributed by atoms with E-state index in [-0.39, 0.29) is 29.7 Å². The first-order chi connectivity index (χ1) is 15.8. The first-order valence-electron chi connectivity index (χ1n) is 10.3. The molecule has 1 fully saturated rings. The molecule has 1 aliphatic heterocycles. The number of nitrogens with zero attached hydrogens (tertiary/aromatic N) is 1. The third kappa shape index (κ3) is 5.29. The third-order valence-corrected chi connectivity index (χ3v) is 7.61. The van der Waals surface area contributed by atoms with Gasteiger partial charge in [-0.1, -0.05) is 60.7 Å². The molecule has 1 heterocycles. The Labute approximate surface area is 197 Å². The van der Waals surface area contributed by atoms with Crippen LogP contribution in [0.5, 0.6) is 0 Å². The highest BCUT2D eigenvalue weighted by atomic mass is 32.2. The van der Waals surface area contributed by atoms with Crippen molar-refractivity contribution >= 4 is 45.4 Å². The van der Waals surface area contributed by atoms with Gasteiger partial charge in [0.05, 0.1) is 4.90 Å². The van der Waals surface area contributed by atoms with Gasteiger partial charge in [0.25, 0.3) is 5.91 Å². The van der Waals surface area contributed by atoms with Gasteiger partial charge in [0, 0.05) is 11.8 Å². The Balaban J connectivity index is 1.42. The summed E-state index contributed by atoms with van der Waals surface area (Å²) in [6.45, 7) is 0.113. The fraction of sp³-hybridized carbons (Fsp3) is 0.217. The first kappa shape index (κ1) is 23.1. The van der Waals surface area contributed by atoms with E-state index in [0.29, 0.717) is 0 Å². The highest BCUT2D eigenvalue weighted by Crippen LogP contribution is 2.30. The number of ether oxygens (including phenoxy) is 1. The van der Waals surface area contributed by atoms with E-state index in [1.165, 1.54) is 6.07 Å². The Morgan fingerprint density at radius 3 is 2.42 bits per heavy atom. The van der Waals surface area contributed by atoms with Crippen LogP contribution < -0.4 is 10.9 Å². The van der Waals surface area contributed by atoms with Crippen LogP contribution in [0.2, 0.25) is 0 Å². The first-order valence-corrected chi connectivity index (χ1v) is 12.3. The number of benzene rings is 3. The van der Waals surface area contributed by atoms with Gasteiger partial charge < -0.3 is 4.74 Å². The number of nitrogens with one attached hydrogen (secondary N) is 2. The van der Waals surface area contributed by atoms with E-state index in [1.54, 1.807) is 24.3 Å². The molecule has 3 aromatic rings. The molecule has 0 aliphatic carbocycles. The minimum absolute atomic E-state index is 0.0349. The second kappa shape index (κ2) is 9.82. The number of amides is 2. The minimum atomic E-state index is -3.96. The van der Waals surface area contributed by atoms with Crippen LogP contribution in [0.3, 0.4) is 0 Å². The molecule has 0 radical (unpaired) electrons. The van der Waals surface area contributed by atoms with Crippen molar-refractivity contribution in [2.24, 2.45) is 0 Å². The zero-order valence-electron chi connectivity index (χ0n) is 17.5. The van der Waals surface area contributed by atoms with E-state index in [9.17, 15) is 18.0 Å². The molecule has 0 saturated carbocycles. The van der Waals surface area contributed by atoms with E-state index in [2.05, 4.69) is 23.5 Å². The van der Waals surface area contributed by atoms with Gasteiger partial charge in [0.2, 0.25) is 10.0 Å². The Bertz CT molecular complexity index is 1270. The summed E-state index contributed by atoms with van der Waals surface area (Å²) in [7, 11) is -3.96. The average molecular weight is 486 g/mol. The van der Waals surface area contributed by atoms with E-state index in [0.717, 1.165) is 20.6 Å². The lowest BCUT2D eigenvalue weighted by atomic mass is 10.1.